The van der Waals surface area contributed by atoms with Crippen molar-refractivity contribution >= 4 is 12.1 Å². The molecule has 0 saturated carbocycles. The lowest BCUT2D eigenvalue weighted by Gasteiger charge is -1.96. The predicted molar refractivity (Wildman–Crippen MR) is 88.1 cm³/mol. The summed E-state index contributed by atoms with van der Waals surface area (Å²) in [5.74, 6) is -0.351. The van der Waals surface area contributed by atoms with Gasteiger partial charge in [-0.05, 0) is 19.1 Å². The van der Waals surface area contributed by atoms with E-state index in [1.54, 1.807) is 24.5 Å². The molecule has 0 unspecified atom stereocenters. The number of benzene rings is 1. The number of amides is 1. The molecule has 23 heavy (non-hydrogen) atoms. The second-order valence-electron chi connectivity index (χ2n) is 5.02. The van der Waals surface area contributed by atoms with Crippen molar-refractivity contribution in [1.82, 2.24) is 20.6 Å². The summed E-state index contributed by atoms with van der Waals surface area (Å²) in [4.78, 5) is 16.0. The van der Waals surface area contributed by atoms with Gasteiger partial charge in [-0.2, -0.15) is 10.2 Å². The third-order valence-electron chi connectivity index (χ3n) is 3.23. The van der Waals surface area contributed by atoms with Crippen LogP contribution in [0.15, 0.2) is 60.0 Å². The molecule has 0 fully saturated rings. The van der Waals surface area contributed by atoms with E-state index in [0.717, 1.165) is 11.1 Å². The zero-order valence-corrected chi connectivity index (χ0v) is 12.5. The van der Waals surface area contributed by atoms with Gasteiger partial charge in [-0.15, -0.1) is 0 Å². The minimum atomic E-state index is -0.351. The molecule has 3 rings (SSSR count). The van der Waals surface area contributed by atoms with E-state index in [0.29, 0.717) is 11.4 Å². The lowest BCUT2D eigenvalue weighted by Crippen LogP contribution is -2.18. The van der Waals surface area contributed by atoms with Gasteiger partial charge in [-0.1, -0.05) is 35.9 Å². The predicted octanol–water partition coefficient (Wildman–Crippen LogP) is 2.54. The Labute approximate surface area is 133 Å². The molecule has 1 amide bonds. The van der Waals surface area contributed by atoms with E-state index in [9.17, 15) is 4.79 Å². The van der Waals surface area contributed by atoms with E-state index in [-0.39, 0.29) is 5.91 Å². The first-order valence-electron chi connectivity index (χ1n) is 7.08. The summed E-state index contributed by atoms with van der Waals surface area (Å²) in [7, 11) is 0. The molecule has 0 saturated heterocycles. The van der Waals surface area contributed by atoms with E-state index in [1.807, 2.05) is 37.3 Å². The molecule has 0 bridgehead atoms. The van der Waals surface area contributed by atoms with Crippen molar-refractivity contribution in [2.75, 3.05) is 0 Å². The Balaban J connectivity index is 1.67. The molecule has 6 nitrogen and oxygen atoms in total. The van der Waals surface area contributed by atoms with Crippen LogP contribution in [0.4, 0.5) is 0 Å². The van der Waals surface area contributed by atoms with Crippen molar-refractivity contribution in [3.63, 3.8) is 0 Å². The van der Waals surface area contributed by atoms with Gasteiger partial charge >= 0.3 is 0 Å². The van der Waals surface area contributed by atoms with E-state index >= 15 is 0 Å². The third-order valence-corrected chi connectivity index (χ3v) is 3.23. The molecule has 114 valence electrons. The summed E-state index contributed by atoms with van der Waals surface area (Å²) in [6, 6.07) is 13.3. The Hall–Kier alpha value is -3.28. The highest BCUT2D eigenvalue weighted by Crippen LogP contribution is 2.18. The highest BCUT2D eigenvalue weighted by molar-refractivity contribution is 5.94. The minimum absolute atomic E-state index is 0.351. The zero-order chi connectivity index (χ0) is 16.1. The molecule has 2 heterocycles. The number of hydrogen-bond donors (Lipinski definition) is 2. The standard InChI is InChI=1S/C17H15N5O/c1-12-4-6-14(7-5-12)15-9-16(21-20-15)17(23)22-19-11-13-3-2-8-18-10-13/h2-11H,1H3,(H,20,21)(H,22,23)/b19-11-. The highest BCUT2D eigenvalue weighted by atomic mass is 16.2. The van der Waals surface area contributed by atoms with Gasteiger partial charge < -0.3 is 0 Å². The highest BCUT2D eigenvalue weighted by Gasteiger charge is 2.10. The lowest BCUT2D eigenvalue weighted by atomic mass is 10.1. The number of carbonyl (C=O) groups is 1. The molecular formula is C17H15N5O. The first-order valence-corrected chi connectivity index (χ1v) is 7.08. The number of aryl methyl sites for hydroxylation is 1. The van der Waals surface area contributed by atoms with Gasteiger partial charge in [-0.25, -0.2) is 5.43 Å². The number of pyridine rings is 1. The second kappa shape index (κ2) is 6.65. The van der Waals surface area contributed by atoms with Gasteiger partial charge in [0.15, 0.2) is 0 Å². The van der Waals surface area contributed by atoms with Crippen LogP contribution in [0.3, 0.4) is 0 Å². The molecule has 0 aliphatic carbocycles. The van der Waals surface area contributed by atoms with Crippen LogP contribution >= 0.6 is 0 Å². The number of carbonyl (C=O) groups excluding carboxylic acids is 1. The monoisotopic (exact) mass is 305 g/mol. The maximum atomic E-state index is 12.0. The van der Waals surface area contributed by atoms with Gasteiger partial charge in [0.05, 0.1) is 11.9 Å². The molecule has 3 aromatic rings. The number of H-pyrrole nitrogens is 1. The quantitative estimate of drug-likeness (QED) is 0.574. The summed E-state index contributed by atoms with van der Waals surface area (Å²) in [5.41, 5.74) is 6.44. The van der Waals surface area contributed by atoms with Crippen molar-refractivity contribution < 1.29 is 4.79 Å². The number of nitrogens with one attached hydrogen (secondary N) is 2. The molecule has 0 spiro atoms. The van der Waals surface area contributed by atoms with Crippen LogP contribution in [0.5, 0.6) is 0 Å². The lowest BCUT2D eigenvalue weighted by molar-refractivity contribution is 0.0950. The van der Waals surface area contributed by atoms with Crippen molar-refractivity contribution in [1.29, 1.82) is 0 Å². The minimum Gasteiger partial charge on any atom is -0.272 e. The second-order valence-corrected chi connectivity index (χ2v) is 5.02. The Morgan fingerprint density at radius 3 is 2.83 bits per heavy atom. The Bertz CT molecular complexity index is 822. The average Bonchev–Trinajstić information content (AvgIpc) is 3.06. The van der Waals surface area contributed by atoms with E-state index < -0.39 is 0 Å². The summed E-state index contributed by atoms with van der Waals surface area (Å²) in [5, 5.41) is 10.8. The maximum Gasteiger partial charge on any atom is 0.289 e. The first-order chi connectivity index (χ1) is 11.2. The average molecular weight is 305 g/mol. The van der Waals surface area contributed by atoms with Gasteiger partial charge in [0.2, 0.25) is 0 Å². The molecule has 2 aromatic heterocycles. The Morgan fingerprint density at radius 1 is 1.26 bits per heavy atom. The number of hydrogen-bond acceptors (Lipinski definition) is 4. The number of aromatic amines is 1. The Morgan fingerprint density at radius 2 is 2.09 bits per heavy atom. The number of hydrazone groups is 1. The largest absolute Gasteiger partial charge is 0.289 e. The number of aromatic nitrogens is 3. The van der Waals surface area contributed by atoms with Gasteiger partial charge in [0.25, 0.3) is 5.91 Å². The van der Waals surface area contributed by atoms with Crippen LogP contribution in [-0.4, -0.2) is 27.3 Å². The molecule has 0 atom stereocenters. The summed E-state index contributed by atoms with van der Waals surface area (Å²) in [6.07, 6.45) is 4.86. The van der Waals surface area contributed by atoms with Gasteiger partial charge in [0.1, 0.15) is 5.69 Å². The Kier molecular flexibility index (Phi) is 4.24. The first kappa shape index (κ1) is 14.6. The van der Waals surface area contributed by atoms with Crippen molar-refractivity contribution in [3.05, 3.63) is 71.7 Å². The van der Waals surface area contributed by atoms with Crippen molar-refractivity contribution in [3.8, 4) is 11.3 Å². The van der Waals surface area contributed by atoms with Crippen molar-refractivity contribution in [2.45, 2.75) is 6.92 Å². The van der Waals surface area contributed by atoms with Crippen molar-refractivity contribution in [2.24, 2.45) is 5.10 Å². The molecule has 0 aliphatic heterocycles. The molecule has 2 N–H and O–H groups in total. The van der Waals surface area contributed by atoms with E-state index in [1.165, 1.54) is 11.8 Å². The normalized spacial score (nSPS) is 10.8. The maximum absolute atomic E-state index is 12.0. The van der Waals surface area contributed by atoms with Crippen LogP contribution in [0.1, 0.15) is 21.6 Å². The molecule has 6 heteroatoms. The third kappa shape index (κ3) is 3.68. The summed E-state index contributed by atoms with van der Waals surface area (Å²) < 4.78 is 0. The van der Waals surface area contributed by atoms with Gasteiger partial charge in [-0.3, -0.25) is 14.9 Å². The number of nitrogens with zero attached hydrogens (tertiary/aromatic N) is 3. The summed E-state index contributed by atoms with van der Waals surface area (Å²) >= 11 is 0. The van der Waals surface area contributed by atoms with Crippen LogP contribution in [0.2, 0.25) is 0 Å². The zero-order valence-electron chi connectivity index (χ0n) is 12.5. The fourth-order valence-corrected chi connectivity index (χ4v) is 1.99. The molecule has 0 aliphatic rings. The fourth-order valence-electron chi connectivity index (χ4n) is 1.99. The van der Waals surface area contributed by atoms with Crippen LogP contribution in [0.25, 0.3) is 11.3 Å². The van der Waals surface area contributed by atoms with E-state index in [2.05, 4.69) is 25.7 Å². The van der Waals surface area contributed by atoms with Gasteiger partial charge in [0, 0.05) is 23.5 Å². The SMILES string of the molecule is Cc1ccc(-c2cc(C(=O)N/N=C\c3cccnc3)[nH]n2)cc1. The van der Waals surface area contributed by atoms with E-state index in [4.69, 9.17) is 0 Å². The number of rotatable bonds is 4. The van der Waals surface area contributed by atoms with Crippen LogP contribution in [0, 0.1) is 6.92 Å². The van der Waals surface area contributed by atoms with Crippen LogP contribution in [-0.2, 0) is 0 Å². The molecule has 0 radical (unpaired) electrons. The fraction of sp³-hybridized carbons (Fsp3) is 0.0588. The van der Waals surface area contributed by atoms with Crippen LogP contribution < -0.4 is 5.43 Å². The smallest absolute Gasteiger partial charge is 0.272 e. The molecular weight excluding hydrogens is 290 g/mol. The summed E-state index contributed by atoms with van der Waals surface area (Å²) in [6.45, 7) is 2.02. The molecule has 1 aromatic carbocycles. The topological polar surface area (TPSA) is 83.0 Å².